The minimum absolute atomic E-state index is 0.307. The second-order valence-electron chi connectivity index (χ2n) is 9.76. The van der Waals surface area contributed by atoms with Gasteiger partial charge in [0.25, 0.3) is 0 Å². The topological polar surface area (TPSA) is 33.6 Å². The highest BCUT2D eigenvalue weighted by atomic mass is 16.5. The Morgan fingerprint density at radius 2 is 1.72 bits per heavy atom. The van der Waals surface area contributed by atoms with Crippen LogP contribution >= 0.6 is 0 Å². The molecule has 1 N–H and O–H groups in total. The molecule has 1 heterocycles. The molecular formula is C33H30N2O. The number of rotatable bonds is 6. The zero-order valence-electron chi connectivity index (χ0n) is 20.5. The van der Waals surface area contributed by atoms with E-state index in [-0.39, 0.29) is 0 Å². The van der Waals surface area contributed by atoms with Crippen LogP contribution in [0.5, 0.6) is 5.75 Å². The van der Waals surface area contributed by atoms with Crippen LogP contribution in [0.1, 0.15) is 46.2 Å². The van der Waals surface area contributed by atoms with Gasteiger partial charge < -0.3 is 10.1 Å². The lowest BCUT2D eigenvalue weighted by Crippen LogP contribution is -2.29. The second-order valence-corrected chi connectivity index (χ2v) is 9.76. The summed E-state index contributed by atoms with van der Waals surface area (Å²) in [6, 6.07) is 34.0. The van der Waals surface area contributed by atoms with Crippen LogP contribution in [0.3, 0.4) is 0 Å². The summed E-state index contributed by atoms with van der Waals surface area (Å²) in [6.07, 6.45) is 7.76. The smallest absolute Gasteiger partial charge is 0.119 e. The van der Waals surface area contributed by atoms with Gasteiger partial charge in [-0.15, -0.1) is 0 Å². The average Bonchev–Trinajstić information content (AvgIpc) is 3.43. The van der Waals surface area contributed by atoms with Crippen molar-refractivity contribution in [3.8, 4) is 5.75 Å². The Kier molecular flexibility index (Phi) is 6.13. The number of allylic oxidation sites excluding steroid dienone is 2. The molecular weight excluding hydrogens is 440 g/mol. The normalized spacial score (nSPS) is 20.1. The monoisotopic (exact) mass is 470 g/mol. The van der Waals surface area contributed by atoms with Crippen LogP contribution in [0.2, 0.25) is 0 Å². The quantitative estimate of drug-likeness (QED) is 0.228. The van der Waals surface area contributed by atoms with Crippen molar-refractivity contribution in [3.05, 3.63) is 137 Å². The molecule has 3 nitrogen and oxygen atoms in total. The molecule has 3 heteroatoms. The zero-order chi connectivity index (χ0) is 24.3. The average molecular weight is 471 g/mol. The molecule has 4 aromatic rings. The Hall–Kier alpha value is -4.11. The number of benzene rings is 4. The van der Waals surface area contributed by atoms with Gasteiger partial charge >= 0.3 is 0 Å². The predicted molar refractivity (Wildman–Crippen MR) is 148 cm³/mol. The maximum Gasteiger partial charge on any atom is 0.119 e. The SMILES string of the molecule is Cc1ccc2c(c1)[C@@H]1C=CC[C@H]1[C@H](c1ccc(N=Cc3ccc(OCc4ccccc4)cc3)cc1)N2. The highest BCUT2D eigenvalue weighted by Gasteiger charge is 2.37. The molecule has 6 rings (SSSR count). The molecule has 0 radical (unpaired) electrons. The van der Waals surface area contributed by atoms with Gasteiger partial charge in [-0.1, -0.05) is 72.3 Å². The van der Waals surface area contributed by atoms with Gasteiger partial charge in [0.15, 0.2) is 0 Å². The van der Waals surface area contributed by atoms with Gasteiger partial charge in [0, 0.05) is 17.8 Å². The molecule has 0 aromatic heterocycles. The lowest BCUT2D eigenvalue weighted by Gasteiger charge is -2.37. The van der Waals surface area contributed by atoms with Crippen molar-refractivity contribution >= 4 is 17.6 Å². The first-order chi connectivity index (χ1) is 17.7. The van der Waals surface area contributed by atoms with E-state index < -0.39 is 0 Å². The molecule has 0 unspecified atom stereocenters. The summed E-state index contributed by atoms with van der Waals surface area (Å²) in [7, 11) is 0. The van der Waals surface area contributed by atoms with Crippen molar-refractivity contribution in [2.75, 3.05) is 5.32 Å². The molecule has 4 aromatic carbocycles. The van der Waals surface area contributed by atoms with E-state index in [9.17, 15) is 0 Å². The van der Waals surface area contributed by atoms with Gasteiger partial charge in [-0.3, -0.25) is 4.99 Å². The fraction of sp³-hybridized carbons (Fsp3) is 0.182. The van der Waals surface area contributed by atoms with Gasteiger partial charge in [-0.25, -0.2) is 0 Å². The Labute approximate surface area is 213 Å². The summed E-state index contributed by atoms with van der Waals surface area (Å²) in [4.78, 5) is 4.70. The molecule has 1 aliphatic heterocycles. The number of aryl methyl sites for hydroxylation is 1. The van der Waals surface area contributed by atoms with E-state index in [1.807, 2.05) is 48.7 Å². The molecule has 0 saturated heterocycles. The van der Waals surface area contributed by atoms with Crippen LogP contribution in [0.25, 0.3) is 0 Å². The van der Waals surface area contributed by atoms with E-state index in [2.05, 4.69) is 79.0 Å². The molecule has 0 spiro atoms. The van der Waals surface area contributed by atoms with E-state index >= 15 is 0 Å². The van der Waals surface area contributed by atoms with Crippen LogP contribution in [0.4, 0.5) is 11.4 Å². The number of hydrogen-bond acceptors (Lipinski definition) is 3. The van der Waals surface area contributed by atoms with Gasteiger partial charge in [0.1, 0.15) is 12.4 Å². The molecule has 0 bridgehead atoms. The minimum Gasteiger partial charge on any atom is -0.489 e. The van der Waals surface area contributed by atoms with E-state index in [1.54, 1.807) is 0 Å². The Morgan fingerprint density at radius 3 is 2.53 bits per heavy atom. The summed E-state index contributed by atoms with van der Waals surface area (Å²) in [5.41, 5.74) is 8.50. The standard InChI is InChI=1S/C33H30N2O/c1-23-10-19-32-31(20-23)29-8-5-9-30(29)33(35-32)26-13-15-27(16-14-26)34-21-24-11-17-28(18-12-24)36-22-25-6-3-2-4-7-25/h2-8,10-21,29-30,33,35H,9,22H2,1H3/t29-,30-,33+/m1/s1. The number of ether oxygens (including phenoxy) is 1. The Bertz CT molecular complexity index is 1390. The lowest BCUT2D eigenvalue weighted by atomic mass is 9.76. The molecule has 178 valence electrons. The Balaban J connectivity index is 1.11. The van der Waals surface area contributed by atoms with Gasteiger partial charge in [0.2, 0.25) is 0 Å². The van der Waals surface area contributed by atoms with Crippen molar-refractivity contribution in [1.29, 1.82) is 0 Å². The fourth-order valence-corrected chi connectivity index (χ4v) is 5.35. The van der Waals surface area contributed by atoms with Crippen LogP contribution in [-0.2, 0) is 6.61 Å². The highest BCUT2D eigenvalue weighted by molar-refractivity contribution is 5.82. The summed E-state index contributed by atoms with van der Waals surface area (Å²) in [6.45, 7) is 2.74. The molecule has 0 saturated carbocycles. The molecule has 36 heavy (non-hydrogen) atoms. The highest BCUT2D eigenvalue weighted by Crippen LogP contribution is 2.50. The molecule has 3 atom stereocenters. The van der Waals surface area contributed by atoms with E-state index in [0.29, 0.717) is 24.5 Å². The number of aliphatic imine (C=N–C) groups is 1. The van der Waals surface area contributed by atoms with Crippen molar-refractivity contribution < 1.29 is 4.74 Å². The fourth-order valence-electron chi connectivity index (χ4n) is 5.35. The predicted octanol–water partition coefficient (Wildman–Crippen LogP) is 8.15. The summed E-state index contributed by atoms with van der Waals surface area (Å²) < 4.78 is 5.88. The number of fused-ring (bicyclic) bond motifs is 3. The third-order valence-corrected chi connectivity index (χ3v) is 7.26. The molecule has 0 amide bonds. The van der Waals surface area contributed by atoms with Crippen LogP contribution in [0.15, 0.2) is 114 Å². The van der Waals surface area contributed by atoms with Crippen molar-refractivity contribution in [2.45, 2.75) is 31.9 Å². The largest absolute Gasteiger partial charge is 0.489 e. The zero-order valence-corrected chi connectivity index (χ0v) is 20.5. The van der Waals surface area contributed by atoms with Gasteiger partial charge in [-0.2, -0.15) is 0 Å². The van der Waals surface area contributed by atoms with E-state index in [4.69, 9.17) is 9.73 Å². The summed E-state index contributed by atoms with van der Waals surface area (Å²) in [5, 5.41) is 3.82. The maximum absolute atomic E-state index is 5.88. The summed E-state index contributed by atoms with van der Waals surface area (Å²) in [5.74, 6) is 1.90. The van der Waals surface area contributed by atoms with Crippen LogP contribution in [-0.4, -0.2) is 6.21 Å². The van der Waals surface area contributed by atoms with Crippen LogP contribution in [0, 0.1) is 12.8 Å². The van der Waals surface area contributed by atoms with Crippen molar-refractivity contribution in [3.63, 3.8) is 0 Å². The third-order valence-electron chi connectivity index (χ3n) is 7.26. The molecule has 0 fully saturated rings. The maximum atomic E-state index is 5.88. The first-order valence-corrected chi connectivity index (χ1v) is 12.7. The Morgan fingerprint density at radius 1 is 0.917 bits per heavy atom. The number of nitrogens with zero attached hydrogens (tertiary/aromatic N) is 1. The molecule has 2 aliphatic rings. The number of hydrogen-bond donors (Lipinski definition) is 1. The number of nitrogens with one attached hydrogen (secondary N) is 1. The lowest BCUT2D eigenvalue weighted by molar-refractivity contribution is 0.306. The summed E-state index contributed by atoms with van der Waals surface area (Å²) >= 11 is 0. The third kappa shape index (κ3) is 4.70. The van der Waals surface area contributed by atoms with E-state index in [0.717, 1.165) is 29.0 Å². The van der Waals surface area contributed by atoms with Crippen molar-refractivity contribution in [2.24, 2.45) is 10.9 Å². The van der Waals surface area contributed by atoms with Gasteiger partial charge in [0.05, 0.1) is 11.7 Å². The van der Waals surface area contributed by atoms with Crippen molar-refractivity contribution in [1.82, 2.24) is 0 Å². The number of anilines is 1. The van der Waals surface area contributed by atoms with E-state index in [1.165, 1.54) is 22.4 Å². The second kappa shape index (κ2) is 9.87. The molecule has 1 aliphatic carbocycles. The first-order valence-electron chi connectivity index (χ1n) is 12.7. The minimum atomic E-state index is 0.307. The first kappa shape index (κ1) is 22.4. The van der Waals surface area contributed by atoms with Gasteiger partial charge in [-0.05, 0) is 84.0 Å². The van der Waals surface area contributed by atoms with Crippen LogP contribution < -0.4 is 10.1 Å².